The number of benzene rings is 2. The lowest BCUT2D eigenvalue weighted by atomic mass is 9.97. The maximum absolute atomic E-state index is 13.3. The predicted octanol–water partition coefficient (Wildman–Crippen LogP) is 4.48. The zero-order valence-electron chi connectivity index (χ0n) is 17.5. The van der Waals surface area contributed by atoms with E-state index in [0.717, 1.165) is 19.3 Å². The van der Waals surface area contributed by atoms with Crippen molar-refractivity contribution in [2.45, 2.75) is 37.0 Å². The van der Waals surface area contributed by atoms with Crippen LogP contribution in [0.1, 0.15) is 32.1 Å². The summed E-state index contributed by atoms with van der Waals surface area (Å²) in [6.07, 6.45) is 7.53. The van der Waals surface area contributed by atoms with Gasteiger partial charge in [0.25, 0.3) is 10.0 Å². The van der Waals surface area contributed by atoms with Gasteiger partial charge in [0, 0.05) is 11.6 Å². The number of sulfonamides is 1. The van der Waals surface area contributed by atoms with Crippen molar-refractivity contribution in [3.8, 4) is 0 Å². The zero-order valence-corrected chi connectivity index (χ0v) is 19.0. The minimum Gasteiger partial charge on any atom is -0.354 e. The molecule has 1 aliphatic heterocycles. The molecular weight excluding hydrogens is 450 g/mol. The lowest BCUT2D eigenvalue weighted by Crippen LogP contribution is -2.53. The number of nitrogens with one attached hydrogen (secondary N) is 1. The smallest absolute Gasteiger partial charge is 0.343 e. The van der Waals surface area contributed by atoms with Gasteiger partial charge in [-0.1, -0.05) is 35.4 Å². The van der Waals surface area contributed by atoms with Gasteiger partial charge in [0.1, 0.15) is 11.4 Å². The Morgan fingerprint density at radius 2 is 1.81 bits per heavy atom. The molecule has 7 nitrogen and oxygen atoms in total. The summed E-state index contributed by atoms with van der Waals surface area (Å²) in [7, 11) is -4.14. The number of carbonyl (C=O) groups is 2. The Hall–Kier alpha value is -2.84. The van der Waals surface area contributed by atoms with Crippen molar-refractivity contribution in [1.29, 1.82) is 0 Å². The van der Waals surface area contributed by atoms with Crippen molar-refractivity contribution in [3.05, 3.63) is 65.2 Å². The molecule has 3 amide bonds. The van der Waals surface area contributed by atoms with E-state index in [2.05, 4.69) is 11.4 Å². The molecule has 0 fully saturated rings. The Balaban J connectivity index is 1.56. The first kappa shape index (κ1) is 22.4. The summed E-state index contributed by atoms with van der Waals surface area (Å²) in [6.45, 7) is 0.196. The van der Waals surface area contributed by atoms with E-state index in [9.17, 15) is 18.0 Å². The summed E-state index contributed by atoms with van der Waals surface area (Å²) in [5, 5.41) is 3.27. The van der Waals surface area contributed by atoms with Gasteiger partial charge in [0.2, 0.25) is 5.91 Å². The molecule has 0 aromatic heterocycles. The van der Waals surface area contributed by atoms with Gasteiger partial charge in [-0.25, -0.2) is 13.2 Å². The molecule has 2 aromatic rings. The molecular formula is C23H24ClN3O4S. The number of anilines is 2. The van der Waals surface area contributed by atoms with Crippen LogP contribution in [0.4, 0.5) is 16.2 Å². The molecule has 2 aliphatic rings. The number of rotatable bonds is 6. The summed E-state index contributed by atoms with van der Waals surface area (Å²) in [5.41, 5.74) is 1.69. The van der Waals surface area contributed by atoms with Gasteiger partial charge in [0.15, 0.2) is 0 Å². The van der Waals surface area contributed by atoms with E-state index < -0.39 is 16.1 Å². The van der Waals surface area contributed by atoms with E-state index in [1.165, 1.54) is 59.7 Å². The molecule has 32 heavy (non-hydrogen) atoms. The van der Waals surface area contributed by atoms with Gasteiger partial charge >= 0.3 is 6.03 Å². The average molecular weight is 474 g/mol. The van der Waals surface area contributed by atoms with Crippen molar-refractivity contribution in [2.75, 3.05) is 22.3 Å². The Morgan fingerprint density at radius 1 is 1.06 bits per heavy atom. The number of urea groups is 1. The maximum atomic E-state index is 13.3. The second-order valence-corrected chi connectivity index (χ2v) is 9.98. The first-order valence-electron chi connectivity index (χ1n) is 10.5. The van der Waals surface area contributed by atoms with Crippen LogP contribution >= 0.6 is 11.6 Å². The normalized spacial score (nSPS) is 17.5. The minimum atomic E-state index is -4.14. The third kappa shape index (κ3) is 4.52. The van der Waals surface area contributed by atoms with E-state index in [1.54, 1.807) is 12.1 Å². The summed E-state index contributed by atoms with van der Waals surface area (Å²) in [4.78, 5) is 27.1. The molecule has 168 valence electrons. The van der Waals surface area contributed by atoms with Gasteiger partial charge in [-0.2, -0.15) is 4.31 Å². The Labute approximate surface area is 192 Å². The average Bonchev–Trinajstić information content (AvgIpc) is 2.79. The SMILES string of the molecule is O=C(CN1C(=O)N(c2ccc(Cl)cc2)S(=O)(=O)c2ccccc21)NCCC1=CCCCC1. The topological polar surface area (TPSA) is 86.8 Å². The van der Waals surface area contributed by atoms with Gasteiger partial charge in [-0.05, 0) is 68.5 Å². The van der Waals surface area contributed by atoms with E-state index in [4.69, 9.17) is 11.6 Å². The molecule has 0 spiro atoms. The third-order valence-electron chi connectivity index (χ3n) is 5.60. The Kier molecular flexibility index (Phi) is 6.53. The Morgan fingerprint density at radius 3 is 2.53 bits per heavy atom. The first-order chi connectivity index (χ1) is 15.4. The lowest BCUT2D eigenvalue weighted by molar-refractivity contribution is -0.119. The highest BCUT2D eigenvalue weighted by Gasteiger charge is 2.42. The molecule has 0 atom stereocenters. The number of hydrogen-bond donors (Lipinski definition) is 1. The largest absolute Gasteiger partial charge is 0.354 e. The summed E-state index contributed by atoms with van der Waals surface area (Å²) < 4.78 is 27.1. The van der Waals surface area contributed by atoms with Crippen LogP contribution in [0.5, 0.6) is 0 Å². The van der Waals surface area contributed by atoms with E-state index >= 15 is 0 Å². The van der Waals surface area contributed by atoms with E-state index in [-0.39, 0.29) is 28.7 Å². The van der Waals surface area contributed by atoms with Crippen molar-refractivity contribution in [2.24, 2.45) is 0 Å². The van der Waals surface area contributed by atoms with Crippen molar-refractivity contribution in [3.63, 3.8) is 0 Å². The summed E-state index contributed by atoms with van der Waals surface area (Å²) >= 11 is 5.92. The number of carbonyl (C=O) groups excluding carboxylic acids is 2. The number of hydrogen-bond acceptors (Lipinski definition) is 4. The molecule has 4 rings (SSSR count). The molecule has 0 bridgehead atoms. The molecule has 0 saturated heterocycles. The monoisotopic (exact) mass is 473 g/mol. The van der Waals surface area contributed by atoms with Crippen molar-refractivity contribution in [1.82, 2.24) is 5.32 Å². The van der Waals surface area contributed by atoms with Crippen LogP contribution in [0.2, 0.25) is 5.02 Å². The van der Waals surface area contributed by atoms with Crippen LogP contribution in [0.3, 0.4) is 0 Å². The van der Waals surface area contributed by atoms with Crippen molar-refractivity contribution < 1.29 is 18.0 Å². The third-order valence-corrected chi connectivity index (χ3v) is 7.60. The Bertz CT molecular complexity index is 1160. The first-order valence-corrected chi connectivity index (χ1v) is 12.4. The van der Waals surface area contributed by atoms with Crippen LogP contribution in [-0.2, 0) is 14.8 Å². The van der Waals surface area contributed by atoms with Crippen LogP contribution in [-0.4, -0.2) is 33.4 Å². The van der Waals surface area contributed by atoms with E-state index in [1.807, 2.05) is 0 Å². The van der Waals surface area contributed by atoms with Gasteiger partial charge in [0.05, 0.1) is 11.4 Å². The molecule has 0 saturated carbocycles. The summed E-state index contributed by atoms with van der Waals surface area (Å²) in [5.74, 6) is -0.347. The van der Waals surface area contributed by atoms with Crippen LogP contribution < -0.4 is 14.5 Å². The number of para-hydroxylation sites is 1. The van der Waals surface area contributed by atoms with Crippen LogP contribution in [0, 0.1) is 0 Å². The molecule has 1 aliphatic carbocycles. The van der Waals surface area contributed by atoms with Crippen LogP contribution in [0.15, 0.2) is 65.1 Å². The highest BCUT2D eigenvalue weighted by molar-refractivity contribution is 7.94. The number of amides is 3. The number of fused-ring (bicyclic) bond motifs is 1. The van der Waals surface area contributed by atoms with Crippen LogP contribution in [0.25, 0.3) is 0 Å². The standard InChI is InChI=1S/C23H24ClN3O4S/c24-18-10-12-19(13-11-18)27-23(29)26(20-8-4-5-9-21(20)32(27,30)31)16-22(28)25-15-14-17-6-2-1-3-7-17/h4-6,8-13H,1-3,7,14-16H2,(H,25,28). The fourth-order valence-corrected chi connectivity index (χ4v) is 5.70. The van der Waals surface area contributed by atoms with Gasteiger partial charge in [-0.3, -0.25) is 9.69 Å². The minimum absolute atomic E-state index is 0.0327. The van der Waals surface area contributed by atoms with Gasteiger partial charge < -0.3 is 5.32 Å². The fourth-order valence-electron chi connectivity index (χ4n) is 3.98. The van der Waals surface area contributed by atoms with Crippen molar-refractivity contribution >= 4 is 44.9 Å². The molecule has 2 aromatic carbocycles. The second kappa shape index (κ2) is 9.34. The highest BCUT2D eigenvalue weighted by Crippen LogP contribution is 2.37. The lowest BCUT2D eigenvalue weighted by Gasteiger charge is -2.35. The molecule has 0 radical (unpaired) electrons. The summed E-state index contributed by atoms with van der Waals surface area (Å²) in [6, 6.07) is 11.3. The van der Waals surface area contributed by atoms with Gasteiger partial charge in [-0.15, -0.1) is 0 Å². The number of nitrogens with zero attached hydrogens (tertiary/aromatic N) is 2. The predicted molar refractivity (Wildman–Crippen MR) is 124 cm³/mol. The van der Waals surface area contributed by atoms with E-state index in [0.29, 0.717) is 15.9 Å². The highest BCUT2D eigenvalue weighted by atomic mass is 35.5. The number of halogens is 1. The zero-order chi connectivity index (χ0) is 22.7. The fraction of sp³-hybridized carbons (Fsp3) is 0.304. The molecule has 0 unspecified atom stereocenters. The molecule has 1 N–H and O–H groups in total. The molecule has 1 heterocycles. The number of allylic oxidation sites excluding steroid dienone is 1. The maximum Gasteiger partial charge on any atom is 0.343 e. The molecule has 9 heteroatoms. The quantitative estimate of drug-likeness (QED) is 0.626. The second-order valence-electron chi connectivity index (χ2n) is 7.79.